The second kappa shape index (κ2) is 4.78. The third-order valence-corrected chi connectivity index (χ3v) is 3.41. The third-order valence-electron chi connectivity index (χ3n) is 3.41. The maximum Gasteiger partial charge on any atom is 0.335 e. The second-order valence-corrected chi connectivity index (χ2v) is 4.72. The van der Waals surface area contributed by atoms with Gasteiger partial charge in [-0.3, -0.25) is 4.98 Å². The van der Waals surface area contributed by atoms with Crippen LogP contribution in [0.2, 0.25) is 0 Å². The number of aromatic carboxylic acids is 1. The summed E-state index contributed by atoms with van der Waals surface area (Å²) in [5.41, 5.74) is 4.09. The molecule has 0 aliphatic heterocycles. The molecule has 0 atom stereocenters. The lowest BCUT2D eigenvalue weighted by Crippen LogP contribution is -1.97. The van der Waals surface area contributed by atoms with E-state index in [0.717, 1.165) is 27.6 Å². The summed E-state index contributed by atoms with van der Waals surface area (Å²) in [6.45, 7) is 1.97. The number of hydrogen-bond acceptors (Lipinski definition) is 2. The van der Waals surface area contributed by atoms with Gasteiger partial charge in [-0.05, 0) is 36.2 Å². The molecule has 0 spiro atoms. The van der Waals surface area contributed by atoms with Gasteiger partial charge in [0.2, 0.25) is 0 Å². The van der Waals surface area contributed by atoms with Crippen LogP contribution in [0.1, 0.15) is 15.9 Å². The van der Waals surface area contributed by atoms with Gasteiger partial charge >= 0.3 is 5.97 Å². The minimum Gasteiger partial charge on any atom is -0.478 e. The number of fused-ring (bicyclic) bond motifs is 1. The van der Waals surface area contributed by atoms with Crippen molar-refractivity contribution in [2.24, 2.45) is 0 Å². The van der Waals surface area contributed by atoms with E-state index in [9.17, 15) is 4.79 Å². The van der Waals surface area contributed by atoms with Crippen LogP contribution < -0.4 is 0 Å². The van der Waals surface area contributed by atoms with E-state index in [1.165, 1.54) is 0 Å². The Morgan fingerprint density at radius 3 is 2.65 bits per heavy atom. The second-order valence-electron chi connectivity index (χ2n) is 4.72. The predicted molar refractivity (Wildman–Crippen MR) is 78.9 cm³/mol. The molecule has 1 heterocycles. The molecule has 1 N–H and O–H groups in total. The molecule has 3 aromatic rings. The van der Waals surface area contributed by atoms with E-state index >= 15 is 0 Å². The van der Waals surface area contributed by atoms with Crippen molar-refractivity contribution in [1.29, 1.82) is 0 Å². The van der Waals surface area contributed by atoms with Crippen molar-refractivity contribution >= 4 is 16.9 Å². The van der Waals surface area contributed by atoms with Gasteiger partial charge in [-0.25, -0.2) is 4.79 Å². The maximum atomic E-state index is 11.1. The Bertz CT molecular complexity index is 804. The van der Waals surface area contributed by atoms with E-state index in [4.69, 9.17) is 5.11 Å². The number of benzene rings is 2. The molecule has 2 aromatic carbocycles. The highest BCUT2D eigenvalue weighted by molar-refractivity contribution is 5.96. The zero-order valence-corrected chi connectivity index (χ0v) is 11.0. The summed E-state index contributed by atoms with van der Waals surface area (Å²) in [7, 11) is 0. The average molecular weight is 263 g/mol. The van der Waals surface area contributed by atoms with Crippen LogP contribution in [-0.4, -0.2) is 16.1 Å². The molecule has 0 fully saturated rings. The lowest BCUT2D eigenvalue weighted by Gasteiger charge is -2.10. The number of aryl methyl sites for hydroxylation is 1. The first kappa shape index (κ1) is 12.4. The normalized spacial score (nSPS) is 10.7. The number of nitrogens with zero attached hydrogens (tertiary/aromatic N) is 1. The fourth-order valence-electron chi connectivity index (χ4n) is 2.37. The van der Waals surface area contributed by atoms with E-state index in [1.807, 2.05) is 43.3 Å². The molecule has 3 rings (SSSR count). The Balaban J connectivity index is 2.30. The summed E-state index contributed by atoms with van der Waals surface area (Å²) in [6.07, 6.45) is 1.75. The molecular weight excluding hydrogens is 250 g/mol. The standard InChI is InChI=1S/C17H13NO2/c1-11-7-8-13(17(19)20)10-15(11)14-6-2-4-12-5-3-9-18-16(12)14/h2-10H,1H3,(H,19,20). The van der Waals surface area contributed by atoms with Crippen LogP contribution >= 0.6 is 0 Å². The molecule has 0 amide bonds. The summed E-state index contributed by atoms with van der Waals surface area (Å²) < 4.78 is 0. The average Bonchev–Trinajstić information content (AvgIpc) is 2.47. The van der Waals surface area contributed by atoms with E-state index < -0.39 is 5.97 Å². The molecule has 3 heteroatoms. The largest absolute Gasteiger partial charge is 0.478 e. The number of carbonyl (C=O) groups is 1. The molecule has 0 radical (unpaired) electrons. The van der Waals surface area contributed by atoms with Gasteiger partial charge in [-0.15, -0.1) is 0 Å². The molecule has 0 unspecified atom stereocenters. The van der Waals surface area contributed by atoms with Gasteiger partial charge in [-0.2, -0.15) is 0 Å². The molecular formula is C17H13NO2. The highest BCUT2D eigenvalue weighted by atomic mass is 16.4. The Morgan fingerprint density at radius 1 is 1.05 bits per heavy atom. The molecule has 98 valence electrons. The van der Waals surface area contributed by atoms with Crippen molar-refractivity contribution in [3.8, 4) is 11.1 Å². The smallest absolute Gasteiger partial charge is 0.335 e. The fraction of sp³-hybridized carbons (Fsp3) is 0.0588. The third kappa shape index (κ3) is 2.03. The molecule has 0 saturated carbocycles. The first-order chi connectivity index (χ1) is 9.66. The van der Waals surface area contributed by atoms with Crippen LogP contribution in [-0.2, 0) is 0 Å². The summed E-state index contributed by atoms with van der Waals surface area (Å²) >= 11 is 0. The minimum atomic E-state index is -0.917. The molecule has 0 bridgehead atoms. The first-order valence-corrected chi connectivity index (χ1v) is 6.35. The number of aromatic nitrogens is 1. The Morgan fingerprint density at radius 2 is 1.85 bits per heavy atom. The van der Waals surface area contributed by atoms with Crippen molar-refractivity contribution in [1.82, 2.24) is 4.98 Å². The Labute approximate surface area is 116 Å². The Hall–Kier alpha value is -2.68. The monoisotopic (exact) mass is 263 g/mol. The molecule has 20 heavy (non-hydrogen) atoms. The van der Waals surface area contributed by atoms with Crippen LogP contribution in [0.4, 0.5) is 0 Å². The quantitative estimate of drug-likeness (QED) is 0.762. The molecule has 3 nitrogen and oxygen atoms in total. The van der Waals surface area contributed by atoms with Crippen molar-refractivity contribution in [3.63, 3.8) is 0 Å². The van der Waals surface area contributed by atoms with Gasteiger partial charge in [0.1, 0.15) is 0 Å². The molecule has 0 aliphatic carbocycles. The number of rotatable bonds is 2. The zero-order valence-electron chi connectivity index (χ0n) is 11.0. The van der Waals surface area contributed by atoms with Gasteiger partial charge in [0.05, 0.1) is 11.1 Å². The van der Waals surface area contributed by atoms with Crippen molar-refractivity contribution in [2.75, 3.05) is 0 Å². The zero-order chi connectivity index (χ0) is 14.1. The molecule has 0 aliphatic rings. The highest BCUT2D eigenvalue weighted by Gasteiger charge is 2.10. The van der Waals surface area contributed by atoms with Crippen LogP contribution in [0.5, 0.6) is 0 Å². The topological polar surface area (TPSA) is 50.2 Å². The number of pyridine rings is 1. The van der Waals surface area contributed by atoms with E-state index in [0.29, 0.717) is 5.56 Å². The summed E-state index contributed by atoms with van der Waals surface area (Å²) in [6, 6.07) is 15.0. The van der Waals surface area contributed by atoms with Gasteiger partial charge in [-0.1, -0.05) is 30.3 Å². The van der Waals surface area contributed by atoms with E-state index in [2.05, 4.69) is 4.98 Å². The van der Waals surface area contributed by atoms with E-state index in [-0.39, 0.29) is 0 Å². The van der Waals surface area contributed by atoms with Crippen molar-refractivity contribution in [3.05, 3.63) is 65.9 Å². The molecule has 0 saturated heterocycles. The van der Waals surface area contributed by atoms with Crippen LogP contribution in [0.3, 0.4) is 0 Å². The van der Waals surface area contributed by atoms with Crippen LogP contribution in [0.25, 0.3) is 22.0 Å². The SMILES string of the molecule is Cc1ccc(C(=O)O)cc1-c1cccc2cccnc12. The number of para-hydroxylation sites is 1. The number of hydrogen-bond donors (Lipinski definition) is 1. The number of carboxylic acids is 1. The summed E-state index contributed by atoms with van der Waals surface area (Å²) in [4.78, 5) is 15.6. The predicted octanol–water partition coefficient (Wildman–Crippen LogP) is 3.91. The first-order valence-electron chi connectivity index (χ1n) is 6.35. The maximum absolute atomic E-state index is 11.1. The highest BCUT2D eigenvalue weighted by Crippen LogP contribution is 2.30. The minimum absolute atomic E-state index is 0.290. The van der Waals surface area contributed by atoms with Gasteiger partial charge in [0, 0.05) is 17.1 Å². The van der Waals surface area contributed by atoms with Crippen LogP contribution in [0, 0.1) is 6.92 Å². The number of carboxylic acid groups (broad SMARTS) is 1. The fourth-order valence-corrected chi connectivity index (χ4v) is 2.37. The Kier molecular flexibility index (Phi) is 2.95. The van der Waals surface area contributed by atoms with Gasteiger partial charge in [0.25, 0.3) is 0 Å². The van der Waals surface area contributed by atoms with Gasteiger partial charge in [0.15, 0.2) is 0 Å². The van der Waals surface area contributed by atoms with Crippen LogP contribution in [0.15, 0.2) is 54.7 Å². The van der Waals surface area contributed by atoms with Crippen molar-refractivity contribution < 1.29 is 9.90 Å². The summed E-state index contributed by atoms with van der Waals surface area (Å²) in [5.74, 6) is -0.917. The van der Waals surface area contributed by atoms with Gasteiger partial charge < -0.3 is 5.11 Å². The van der Waals surface area contributed by atoms with E-state index in [1.54, 1.807) is 18.3 Å². The lowest BCUT2D eigenvalue weighted by molar-refractivity contribution is 0.0697. The lowest BCUT2D eigenvalue weighted by atomic mass is 9.96. The molecule has 1 aromatic heterocycles. The summed E-state index contributed by atoms with van der Waals surface area (Å²) in [5, 5.41) is 10.2. The van der Waals surface area contributed by atoms with Crippen molar-refractivity contribution in [2.45, 2.75) is 6.92 Å².